The maximum atomic E-state index is 13.7. The highest BCUT2D eigenvalue weighted by atomic mass is 16.8. The summed E-state index contributed by atoms with van der Waals surface area (Å²) in [5, 5.41) is 0. The third kappa shape index (κ3) is 4.75. The van der Waals surface area contributed by atoms with Crippen LogP contribution in [0.1, 0.15) is 92.9 Å². The van der Waals surface area contributed by atoms with Crippen LogP contribution in [0.5, 0.6) is 0 Å². The highest BCUT2D eigenvalue weighted by Gasteiger charge is 2.55. The van der Waals surface area contributed by atoms with Gasteiger partial charge in [0.15, 0.2) is 18.0 Å². The van der Waals surface area contributed by atoms with Crippen LogP contribution in [0.15, 0.2) is 23.5 Å². The van der Waals surface area contributed by atoms with Crippen LogP contribution < -0.4 is 0 Å². The Morgan fingerprint density at radius 1 is 0.871 bits per heavy atom. The zero-order valence-electron chi connectivity index (χ0n) is 20.1. The molecule has 0 N–H and O–H groups in total. The third-order valence-corrected chi connectivity index (χ3v) is 6.89. The molecule has 0 radical (unpaired) electrons. The molecule has 0 saturated carbocycles. The summed E-state index contributed by atoms with van der Waals surface area (Å²) in [7, 11) is 0. The van der Waals surface area contributed by atoms with E-state index in [-0.39, 0.29) is 23.9 Å². The molecule has 174 valence electrons. The Kier molecular flexibility index (Phi) is 7.63. The predicted molar refractivity (Wildman–Crippen MR) is 121 cm³/mol. The molecule has 3 rings (SSSR count). The van der Waals surface area contributed by atoms with Crippen LogP contribution in [0, 0.1) is 0 Å². The largest absolute Gasteiger partial charge is 0.333 e. The minimum absolute atomic E-state index is 0.0699. The van der Waals surface area contributed by atoms with Crippen LogP contribution in [0.2, 0.25) is 0 Å². The number of allylic oxidation sites excluding steroid dienone is 2. The van der Waals surface area contributed by atoms with Crippen molar-refractivity contribution in [3.8, 4) is 0 Å². The third-order valence-electron chi connectivity index (χ3n) is 6.89. The van der Waals surface area contributed by atoms with Gasteiger partial charge in [-0.05, 0) is 53.4 Å². The molecule has 1 saturated heterocycles. The summed E-state index contributed by atoms with van der Waals surface area (Å²) < 4.78 is 13.0. The van der Waals surface area contributed by atoms with Crippen molar-refractivity contribution >= 4 is 11.8 Å². The zero-order valence-corrected chi connectivity index (χ0v) is 20.1. The van der Waals surface area contributed by atoms with E-state index in [2.05, 4.69) is 26.0 Å². The molecule has 0 aliphatic carbocycles. The van der Waals surface area contributed by atoms with Crippen molar-refractivity contribution in [1.29, 1.82) is 0 Å². The van der Waals surface area contributed by atoms with Gasteiger partial charge in [0.1, 0.15) is 0 Å². The second kappa shape index (κ2) is 9.86. The number of hydrogen-bond donors (Lipinski definition) is 0. The van der Waals surface area contributed by atoms with Crippen LogP contribution in [0.25, 0.3) is 0 Å². The van der Waals surface area contributed by atoms with Crippen LogP contribution in [0.3, 0.4) is 0 Å². The number of rotatable bonds is 8. The lowest BCUT2D eigenvalue weighted by atomic mass is 10.0. The van der Waals surface area contributed by atoms with Crippen LogP contribution in [-0.4, -0.2) is 51.7 Å². The van der Waals surface area contributed by atoms with Gasteiger partial charge in [0.05, 0.1) is 0 Å². The Labute approximate surface area is 187 Å². The lowest BCUT2D eigenvalue weighted by molar-refractivity contribution is -0.192. The second-order valence-electron chi connectivity index (χ2n) is 9.47. The molecule has 0 unspecified atom stereocenters. The van der Waals surface area contributed by atoms with E-state index in [0.717, 1.165) is 49.9 Å². The standard InChI is InChI=1S/C25H40N2O4/c1-7-9-15-25(16-10-8-2)30-21(23(28)26-17(3)11-12-18(26)4)22(31-25)24(29)27-19(5)13-14-20(27)6/h11,13,18,20-22H,7-10,12,14-16H2,1-6H3/t18-,20-,21-,22-/m1/s1. The number of carbonyl (C=O) groups excluding carboxylic acids is 2. The van der Waals surface area contributed by atoms with E-state index in [4.69, 9.17) is 9.47 Å². The molecular weight excluding hydrogens is 392 g/mol. The monoisotopic (exact) mass is 432 g/mol. The average Bonchev–Trinajstić information content (AvgIpc) is 3.40. The molecule has 4 atom stereocenters. The fourth-order valence-electron chi connectivity index (χ4n) is 5.07. The molecule has 0 aromatic rings. The van der Waals surface area contributed by atoms with Gasteiger partial charge in [0.2, 0.25) is 0 Å². The highest BCUT2D eigenvalue weighted by molar-refractivity contribution is 5.93. The number of nitrogens with zero attached hydrogens (tertiary/aromatic N) is 2. The van der Waals surface area contributed by atoms with E-state index in [1.807, 2.05) is 27.7 Å². The number of ether oxygens (including phenoxy) is 2. The molecule has 3 heterocycles. The maximum absolute atomic E-state index is 13.7. The lowest BCUT2D eigenvalue weighted by Gasteiger charge is -2.30. The van der Waals surface area contributed by atoms with Crippen LogP contribution >= 0.6 is 0 Å². The average molecular weight is 433 g/mol. The molecule has 0 aromatic carbocycles. The number of unbranched alkanes of at least 4 members (excludes halogenated alkanes) is 2. The Morgan fingerprint density at radius 2 is 1.26 bits per heavy atom. The Bertz CT molecular complexity index is 682. The van der Waals surface area contributed by atoms with Crippen molar-refractivity contribution in [2.24, 2.45) is 0 Å². The summed E-state index contributed by atoms with van der Waals surface area (Å²) in [5.74, 6) is -1.17. The van der Waals surface area contributed by atoms with Crippen LogP contribution in [-0.2, 0) is 19.1 Å². The van der Waals surface area contributed by atoms with E-state index >= 15 is 0 Å². The van der Waals surface area contributed by atoms with E-state index in [9.17, 15) is 9.59 Å². The maximum Gasteiger partial charge on any atom is 0.259 e. The summed E-state index contributed by atoms with van der Waals surface area (Å²) in [6.45, 7) is 12.2. The predicted octanol–water partition coefficient (Wildman–Crippen LogP) is 4.90. The first-order chi connectivity index (χ1) is 14.7. The molecule has 3 aliphatic rings. The molecule has 31 heavy (non-hydrogen) atoms. The van der Waals surface area contributed by atoms with Crippen LogP contribution in [0.4, 0.5) is 0 Å². The van der Waals surface area contributed by atoms with E-state index in [1.54, 1.807) is 9.80 Å². The van der Waals surface area contributed by atoms with Gasteiger partial charge in [-0.1, -0.05) is 38.8 Å². The summed E-state index contributed by atoms with van der Waals surface area (Å²) in [6.07, 6.45) is 9.26. The molecule has 0 aromatic heterocycles. The van der Waals surface area contributed by atoms with Crippen molar-refractivity contribution in [2.75, 3.05) is 0 Å². The van der Waals surface area contributed by atoms with E-state index < -0.39 is 18.0 Å². The van der Waals surface area contributed by atoms with Crippen molar-refractivity contribution in [1.82, 2.24) is 9.80 Å². The Hall–Kier alpha value is -1.66. The van der Waals surface area contributed by atoms with E-state index in [0.29, 0.717) is 12.8 Å². The fraction of sp³-hybridized carbons (Fsp3) is 0.760. The number of carbonyl (C=O) groups is 2. The van der Waals surface area contributed by atoms with Crippen molar-refractivity contribution < 1.29 is 19.1 Å². The second-order valence-corrected chi connectivity index (χ2v) is 9.47. The fourth-order valence-corrected chi connectivity index (χ4v) is 5.07. The van der Waals surface area contributed by atoms with Gasteiger partial charge in [0.25, 0.3) is 11.8 Å². The Morgan fingerprint density at radius 3 is 1.55 bits per heavy atom. The lowest BCUT2D eigenvalue weighted by Crippen LogP contribution is -2.51. The van der Waals surface area contributed by atoms with Gasteiger partial charge in [0, 0.05) is 36.3 Å². The van der Waals surface area contributed by atoms with Gasteiger partial charge in [-0.3, -0.25) is 9.59 Å². The minimum atomic E-state index is -0.911. The first kappa shape index (κ1) is 24.0. The highest BCUT2D eigenvalue weighted by Crippen LogP contribution is 2.40. The van der Waals surface area contributed by atoms with Crippen molar-refractivity contribution in [3.05, 3.63) is 23.5 Å². The van der Waals surface area contributed by atoms with Gasteiger partial charge < -0.3 is 19.3 Å². The molecule has 0 bridgehead atoms. The molecule has 6 nitrogen and oxygen atoms in total. The first-order valence-corrected chi connectivity index (χ1v) is 12.1. The molecule has 3 aliphatic heterocycles. The van der Waals surface area contributed by atoms with Gasteiger partial charge >= 0.3 is 0 Å². The summed E-state index contributed by atoms with van der Waals surface area (Å²) >= 11 is 0. The topological polar surface area (TPSA) is 59.1 Å². The minimum Gasteiger partial charge on any atom is -0.333 e. The number of hydrogen-bond acceptors (Lipinski definition) is 4. The van der Waals surface area contributed by atoms with Gasteiger partial charge in [-0.2, -0.15) is 0 Å². The summed E-state index contributed by atoms with van der Waals surface area (Å²) in [5.41, 5.74) is 1.86. The van der Waals surface area contributed by atoms with Crippen molar-refractivity contribution in [3.63, 3.8) is 0 Å². The van der Waals surface area contributed by atoms with E-state index in [1.165, 1.54) is 0 Å². The zero-order chi connectivity index (χ0) is 22.8. The smallest absolute Gasteiger partial charge is 0.259 e. The Balaban J connectivity index is 1.93. The quantitative estimate of drug-likeness (QED) is 0.548. The number of amides is 2. The first-order valence-electron chi connectivity index (χ1n) is 12.1. The summed E-state index contributed by atoms with van der Waals surface area (Å²) in [6, 6.07) is 0.140. The molecule has 1 fully saturated rings. The van der Waals surface area contributed by atoms with Crippen molar-refractivity contribution in [2.45, 2.75) is 123 Å². The normalized spacial score (nSPS) is 30.0. The van der Waals surface area contributed by atoms with Gasteiger partial charge in [-0.25, -0.2) is 0 Å². The molecular formula is C25H40N2O4. The summed E-state index contributed by atoms with van der Waals surface area (Å²) in [4.78, 5) is 31.0. The van der Waals surface area contributed by atoms with Gasteiger partial charge in [-0.15, -0.1) is 0 Å². The SMILES string of the molecule is CCCCC1(CCCC)O[C@@H](C(=O)N2C(C)=CC[C@H]2C)[C@H](C(=O)N2C(C)=CC[C@H]2C)O1. The molecule has 2 amide bonds. The molecule has 0 spiro atoms. The molecule has 6 heteroatoms.